The predicted octanol–water partition coefficient (Wildman–Crippen LogP) is 5.72. The molecule has 1 N–H and O–H groups in total. The molecule has 5 heteroatoms. The molecule has 1 amide bonds. The number of nitrogens with zero attached hydrogens (tertiary/aromatic N) is 2. The van der Waals surface area contributed by atoms with E-state index in [0.29, 0.717) is 22.9 Å². The number of nitrogens with one attached hydrogen (secondary N) is 1. The maximum Gasteiger partial charge on any atom is 0.265 e. The maximum absolute atomic E-state index is 12.7. The van der Waals surface area contributed by atoms with Crippen LogP contribution in [0.15, 0.2) is 41.4 Å². The summed E-state index contributed by atoms with van der Waals surface area (Å²) in [7, 11) is 0. The molecule has 0 atom stereocenters. The quantitative estimate of drug-likeness (QED) is 0.608. The fraction of sp³-hybridized carbons (Fsp3) is 0.440. The Morgan fingerprint density at radius 2 is 1.77 bits per heavy atom. The molecular formula is C25H29N3O2. The molecule has 5 rings (SSSR count). The van der Waals surface area contributed by atoms with E-state index < -0.39 is 0 Å². The molecule has 2 heterocycles. The van der Waals surface area contributed by atoms with E-state index in [9.17, 15) is 4.79 Å². The molecule has 1 saturated heterocycles. The fourth-order valence-corrected chi connectivity index (χ4v) is 4.87. The highest BCUT2D eigenvalue weighted by Gasteiger charge is 2.23. The molecule has 156 valence electrons. The van der Waals surface area contributed by atoms with Crippen LogP contribution in [0.1, 0.15) is 78.8 Å². The summed E-state index contributed by atoms with van der Waals surface area (Å²) in [6.07, 6.45) is 11.8. The molecule has 0 spiro atoms. The van der Waals surface area contributed by atoms with Crippen LogP contribution in [0.25, 0.3) is 0 Å². The Balaban J connectivity index is 1.39. The van der Waals surface area contributed by atoms with Crippen molar-refractivity contribution in [3.8, 4) is 11.5 Å². The lowest BCUT2D eigenvalue weighted by Crippen LogP contribution is -2.45. The van der Waals surface area contributed by atoms with Crippen LogP contribution in [0.5, 0.6) is 11.5 Å². The van der Waals surface area contributed by atoms with Crippen LogP contribution in [0.3, 0.4) is 0 Å². The number of hydrogen-bond acceptors (Lipinski definition) is 4. The van der Waals surface area contributed by atoms with Crippen LogP contribution in [0.4, 0.5) is 5.69 Å². The zero-order valence-electron chi connectivity index (χ0n) is 17.4. The summed E-state index contributed by atoms with van der Waals surface area (Å²) < 4.78 is 6.25. The summed E-state index contributed by atoms with van der Waals surface area (Å²) in [5, 5.41) is 2.02. The summed E-state index contributed by atoms with van der Waals surface area (Å²) in [5.41, 5.74) is 6.76. The first-order valence-electron chi connectivity index (χ1n) is 11.3. The van der Waals surface area contributed by atoms with Crippen molar-refractivity contribution in [2.45, 2.75) is 57.3 Å². The lowest BCUT2D eigenvalue weighted by Gasteiger charge is -2.26. The van der Waals surface area contributed by atoms with Crippen LogP contribution < -0.4 is 10.2 Å². The number of carbonyl (C=O) groups is 1. The van der Waals surface area contributed by atoms with Gasteiger partial charge in [-0.2, -0.15) is 0 Å². The van der Waals surface area contributed by atoms with Gasteiger partial charge in [-0.3, -0.25) is 15.2 Å². The highest BCUT2D eigenvalue weighted by atomic mass is 16.5. The van der Waals surface area contributed by atoms with Crippen LogP contribution in [0.2, 0.25) is 0 Å². The molecule has 1 saturated carbocycles. The summed E-state index contributed by atoms with van der Waals surface area (Å²) >= 11 is 0. The first-order valence-corrected chi connectivity index (χ1v) is 11.3. The van der Waals surface area contributed by atoms with Gasteiger partial charge in [0, 0.05) is 30.4 Å². The first-order chi connectivity index (χ1) is 14.8. The van der Waals surface area contributed by atoms with Crippen LogP contribution in [0, 0.1) is 0 Å². The Morgan fingerprint density at radius 3 is 2.60 bits per heavy atom. The van der Waals surface area contributed by atoms with Crippen molar-refractivity contribution < 1.29 is 9.53 Å². The first kappa shape index (κ1) is 19.3. The van der Waals surface area contributed by atoms with E-state index in [-0.39, 0.29) is 5.91 Å². The number of carbonyl (C=O) groups excluding carboxylic acids is 1. The summed E-state index contributed by atoms with van der Waals surface area (Å²) in [5.74, 6) is 2.04. The summed E-state index contributed by atoms with van der Waals surface area (Å²) in [6, 6.07) is 11.8. The third-order valence-electron chi connectivity index (χ3n) is 6.53. The van der Waals surface area contributed by atoms with Gasteiger partial charge in [-0.1, -0.05) is 37.8 Å². The average Bonchev–Trinajstić information content (AvgIpc) is 2.99. The average molecular weight is 404 g/mol. The molecule has 0 aromatic heterocycles. The van der Waals surface area contributed by atoms with Gasteiger partial charge in [-0.05, 0) is 61.4 Å². The molecule has 2 fully saturated rings. The number of aliphatic imine (C=N–C) groups is 1. The highest BCUT2D eigenvalue weighted by Crippen LogP contribution is 2.41. The predicted molar refractivity (Wildman–Crippen MR) is 119 cm³/mol. The normalized spacial score (nSPS) is 19.3. The van der Waals surface area contributed by atoms with E-state index in [0.717, 1.165) is 37.2 Å². The minimum absolute atomic E-state index is 0.0837. The van der Waals surface area contributed by atoms with Crippen molar-refractivity contribution in [1.29, 1.82) is 0 Å². The van der Waals surface area contributed by atoms with Crippen molar-refractivity contribution in [2.24, 2.45) is 4.99 Å². The number of hydrazine groups is 1. The number of ether oxygens (including phenoxy) is 1. The Hall–Kier alpha value is -2.66. The Morgan fingerprint density at radius 1 is 0.967 bits per heavy atom. The molecule has 0 bridgehead atoms. The number of piperidine rings is 1. The van der Waals surface area contributed by atoms with Crippen molar-refractivity contribution in [3.05, 3.63) is 53.1 Å². The van der Waals surface area contributed by atoms with Crippen molar-refractivity contribution >= 4 is 17.8 Å². The lowest BCUT2D eigenvalue weighted by atomic mass is 9.82. The molecule has 0 radical (unpaired) electrons. The van der Waals surface area contributed by atoms with Gasteiger partial charge < -0.3 is 4.74 Å². The zero-order chi connectivity index (χ0) is 20.3. The number of hydrogen-bond donors (Lipinski definition) is 1. The van der Waals surface area contributed by atoms with E-state index in [1.807, 2.05) is 35.5 Å². The second-order valence-corrected chi connectivity index (χ2v) is 8.63. The molecular weight excluding hydrogens is 374 g/mol. The van der Waals surface area contributed by atoms with Crippen LogP contribution >= 0.6 is 0 Å². The fourth-order valence-electron chi connectivity index (χ4n) is 4.87. The Kier molecular flexibility index (Phi) is 5.54. The minimum atomic E-state index is -0.0837. The highest BCUT2D eigenvalue weighted by molar-refractivity contribution is 5.96. The molecule has 30 heavy (non-hydrogen) atoms. The number of rotatable bonds is 3. The van der Waals surface area contributed by atoms with Gasteiger partial charge in [0.2, 0.25) is 0 Å². The van der Waals surface area contributed by atoms with E-state index in [2.05, 4.69) is 17.6 Å². The van der Waals surface area contributed by atoms with Gasteiger partial charge in [0.05, 0.1) is 0 Å². The van der Waals surface area contributed by atoms with Gasteiger partial charge in [-0.25, -0.2) is 5.01 Å². The van der Waals surface area contributed by atoms with Gasteiger partial charge in [0.1, 0.15) is 11.4 Å². The summed E-state index contributed by atoms with van der Waals surface area (Å²) in [6.45, 7) is 1.83. The Labute approximate surface area is 178 Å². The minimum Gasteiger partial charge on any atom is -0.454 e. The van der Waals surface area contributed by atoms with Gasteiger partial charge in [0.25, 0.3) is 5.91 Å². The number of amides is 1. The molecule has 2 aromatic rings. The maximum atomic E-state index is 12.7. The van der Waals surface area contributed by atoms with E-state index in [1.165, 1.54) is 44.1 Å². The molecule has 1 aliphatic carbocycles. The van der Waals surface area contributed by atoms with Crippen molar-refractivity contribution in [1.82, 2.24) is 10.4 Å². The third-order valence-corrected chi connectivity index (χ3v) is 6.53. The molecule has 3 aliphatic rings. The smallest absolute Gasteiger partial charge is 0.265 e. The van der Waals surface area contributed by atoms with Crippen molar-refractivity contribution in [2.75, 3.05) is 13.1 Å². The molecule has 2 aromatic carbocycles. The standard InChI is InChI=1S/C25H29N3O2/c29-25(27-28-14-5-2-6-15-28)19-12-13-24-22(16-19)26-17-21-20(10-7-11-23(21)30-24)18-8-3-1-4-9-18/h7,10-13,16-18H,1-6,8-9,14-15H2,(H,27,29). The zero-order valence-corrected chi connectivity index (χ0v) is 17.4. The van der Waals surface area contributed by atoms with Gasteiger partial charge in [-0.15, -0.1) is 0 Å². The van der Waals surface area contributed by atoms with Crippen LogP contribution in [-0.2, 0) is 0 Å². The van der Waals surface area contributed by atoms with Crippen LogP contribution in [-0.4, -0.2) is 30.2 Å². The third kappa shape index (κ3) is 3.99. The topological polar surface area (TPSA) is 53.9 Å². The van der Waals surface area contributed by atoms with E-state index in [4.69, 9.17) is 9.73 Å². The monoisotopic (exact) mass is 403 g/mol. The SMILES string of the molecule is O=C(NN1CCCCC1)c1ccc2c(c1)N=Cc1c(cccc1C1CCCCC1)O2. The second kappa shape index (κ2) is 8.60. The second-order valence-electron chi connectivity index (χ2n) is 8.63. The van der Waals surface area contributed by atoms with Gasteiger partial charge in [0.15, 0.2) is 5.75 Å². The summed E-state index contributed by atoms with van der Waals surface area (Å²) in [4.78, 5) is 17.4. The Bertz CT molecular complexity index is 957. The van der Waals surface area contributed by atoms with E-state index in [1.54, 1.807) is 0 Å². The number of benzene rings is 2. The number of fused-ring (bicyclic) bond motifs is 2. The molecule has 2 aliphatic heterocycles. The lowest BCUT2D eigenvalue weighted by molar-refractivity contribution is 0.0750. The van der Waals surface area contributed by atoms with E-state index >= 15 is 0 Å². The molecule has 0 unspecified atom stereocenters. The molecule has 5 nitrogen and oxygen atoms in total. The van der Waals surface area contributed by atoms with Crippen molar-refractivity contribution in [3.63, 3.8) is 0 Å². The van der Waals surface area contributed by atoms with Gasteiger partial charge >= 0.3 is 0 Å². The largest absolute Gasteiger partial charge is 0.454 e.